The molecule has 8 heteroatoms. The van der Waals surface area contributed by atoms with E-state index >= 15 is 0 Å². The van der Waals surface area contributed by atoms with Gasteiger partial charge in [0.25, 0.3) is 17.7 Å². The first-order valence-corrected chi connectivity index (χ1v) is 12.4. The smallest absolute Gasteiger partial charge is 0.283 e. The molecule has 35 heavy (non-hydrogen) atoms. The lowest BCUT2D eigenvalue weighted by Gasteiger charge is -2.16. The van der Waals surface area contributed by atoms with E-state index in [9.17, 15) is 14.4 Å². The summed E-state index contributed by atoms with van der Waals surface area (Å²) in [6, 6.07) is 19.6. The number of hydrogen-bond acceptors (Lipinski definition) is 4. The average Bonchev–Trinajstić information content (AvgIpc) is 3.04. The fourth-order valence-electron chi connectivity index (χ4n) is 3.67. The first-order valence-electron chi connectivity index (χ1n) is 11.0. The molecule has 0 unspecified atom stereocenters. The van der Waals surface area contributed by atoms with Gasteiger partial charge in [-0.25, -0.2) is 4.90 Å². The van der Waals surface area contributed by atoms with Crippen LogP contribution in [0.4, 0.5) is 17.1 Å². The highest BCUT2D eigenvalue weighted by molar-refractivity contribution is 14.1. The normalized spacial score (nSPS) is 13.6. The van der Waals surface area contributed by atoms with Gasteiger partial charge in [0.15, 0.2) is 0 Å². The Bertz CT molecular complexity index is 1350. The largest absolute Gasteiger partial charge is 0.350 e. The molecule has 1 heterocycles. The standard InChI is InChI=1S/C27H23ClIN3O3/c1-15(2)17-6-11-21(12-7-17)32-26(34)23(28)24(27(32)35)30-20-9-4-18(5-10-20)25(33)31-22-13-8-19(29)14-16(22)3/h4-15,30H,1-3H3,(H,31,33). The van der Waals surface area contributed by atoms with E-state index in [1.54, 1.807) is 36.4 Å². The maximum absolute atomic E-state index is 13.0. The van der Waals surface area contributed by atoms with E-state index in [1.807, 2.05) is 37.3 Å². The maximum atomic E-state index is 13.0. The first kappa shape index (κ1) is 24.9. The van der Waals surface area contributed by atoms with Gasteiger partial charge in [0.05, 0.1) is 5.69 Å². The molecule has 0 fully saturated rings. The van der Waals surface area contributed by atoms with E-state index < -0.39 is 11.8 Å². The van der Waals surface area contributed by atoms with E-state index in [0.717, 1.165) is 25.3 Å². The van der Waals surface area contributed by atoms with Crippen LogP contribution in [0.3, 0.4) is 0 Å². The number of rotatable bonds is 6. The van der Waals surface area contributed by atoms with Crippen molar-refractivity contribution in [3.05, 3.63) is 97.7 Å². The zero-order chi connectivity index (χ0) is 25.3. The Morgan fingerprint density at radius 3 is 2.20 bits per heavy atom. The van der Waals surface area contributed by atoms with Gasteiger partial charge in [0.1, 0.15) is 10.7 Å². The van der Waals surface area contributed by atoms with Crippen molar-refractivity contribution in [2.45, 2.75) is 26.7 Å². The second-order valence-electron chi connectivity index (χ2n) is 8.50. The number of aryl methyl sites for hydroxylation is 1. The minimum absolute atomic E-state index is 0.00341. The van der Waals surface area contributed by atoms with Crippen molar-refractivity contribution in [3.63, 3.8) is 0 Å². The van der Waals surface area contributed by atoms with E-state index in [0.29, 0.717) is 22.9 Å². The first-order chi connectivity index (χ1) is 16.7. The van der Waals surface area contributed by atoms with Crippen molar-refractivity contribution in [3.8, 4) is 0 Å². The second-order valence-corrected chi connectivity index (χ2v) is 10.1. The molecule has 3 amide bonds. The van der Waals surface area contributed by atoms with Crippen LogP contribution in [0.1, 0.15) is 41.3 Å². The van der Waals surface area contributed by atoms with Gasteiger partial charge in [-0.15, -0.1) is 0 Å². The Morgan fingerprint density at radius 2 is 1.60 bits per heavy atom. The minimum atomic E-state index is -0.583. The summed E-state index contributed by atoms with van der Waals surface area (Å²) in [6.07, 6.45) is 0. The monoisotopic (exact) mass is 599 g/mol. The highest BCUT2D eigenvalue weighted by Crippen LogP contribution is 2.31. The highest BCUT2D eigenvalue weighted by atomic mass is 127. The number of nitrogens with one attached hydrogen (secondary N) is 2. The van der Waals surface area contributed by atoms with Gasteiger partial charge in [-0.3, -0.25) is 14.4 Å². The third kappa shape index (κ3) is 5.26. The molecule has 0 aromatic heterocycles. The molecule has 0 saturated heterocycles. The summed E-state index contributed by atoms with van der Waals surface area (Å²) in [6.45, 7) is 6.07. The number of halogens is 2. The van der Waals surface area contributed by atoms with Crippen molar-refractivity contribution < 1.29 is 14.4 Å². The lowest BCUT2D eigenvalue weighted by Crippen LogP contribution is -2.32. The lowest BCUT2D eigenvalue weighted by atomic mass is 10.0. The molecule has 4 rings (SSSR count). The number of imide groups is 1. The SMILES string of the molecule is Cc1cc(I)ccc1NC(=O)c1ccc(NC2=C(Cl)C(=O)N(c3ccc(C(C)C)cc3)C2=O)cc1. The topological polar surface area (TPSA) is 78.5 Å². The number of carbonyl (C=O) groups is 3. The average molecular weight is 600 g/mol. The molecule has 0 aliphatic carbocycles. The van der Waals surface area contributed by atoms with Crippen LogP contribution in [0.5, 0.6) is 0 Å². The zero-order valence-electron chi connectivity index (χ0n) is 19.4. The van der Waals surface area contributed by atoms with Crippen LogP contribution in [0, 0.1) is 10.5 Å². The van der Waals surface area contributed by atoms with Crippen LogP contribution in [-0.4, -0.2) is 17.7 Å². The van der Waals surface area contributed by atoms with Crippen molar-refractivity contribution in [2.75, 3.05) is 15.5 Å². The molecule has 6 nitrogen and oxygen atoms in total. The molecule has 1 aliphatic heterocycles. The van der Waals surface area contributed by atoms with E-state index in [-0.39, 0.29) is 16.6 Å². The number of nitrogens with zero attached hydrogens (tertiary/aromatic N) is 1. The number of amides is 3. The molecular weight excluding hydrogens is 577 g/mol. The number of benzene rings is 3. The summed E-state index contributed by atoms with van der Waals surface area (Å²) in [7, 11) is 0. The maximum Gasteiger partial charge on any atom is 0.283 e. The summed E-state index contributed by atoms with van der Waals surface area (Å²) in [5.41, 5.74) is 4.25. The molecule has 0 saturated carbocycles. The van der Waals surface area contributed by atoms with Gasteiger partial charge in [-0.05, 0) is 101 Å². The summed E-state index contributed by atoms with van der Waals surface area (Å²) in [5.74, 6) is -1.03. The molecule has 0 spiro atoms. The quantitative estimate of drug-likeness (QED) is 0.254. The van der Waals surface area contributed by atoms with Gasteiger partial charge >= 0.3 is 0 Å². The number of hydrogen-bond donors (Lipinski definition) is 2. The van der Waals surface area contributed by atoms with E-state index in [2.05, 4.69) is 47.1 Å². The number of anilines is 3. The van der Waals surface area contributed by atoms with Crippen LogP contribution in [0.25, 0.3) is 0 Å². The van der Waals surface area contributed by atoms with Gasteiger partial charge in [-0.2, -0.15) is 0 Å². The molecule has 3 aromatic rings. The van der Waals surface area contributed by atoms with Crippen LogP contribution in [0.2, 0.25) is 0 Å². The minimum Gasteiger partial charge on any atom is -0.350 e. The van der Waals surface area contributed by atoms with Crippen molar-refractivity contribution in [1.82, 2.24) is 0 Å². The lowest BCUT2D eigenvalue weighted by molar-refractivity contribution is -0.120. The van der Waals surface area contributed by atoms with Crippen molar-refractivity contribution in [2.24, 2.45) is 0 Å². The molecule has 1 aliphatic rings. The van der Waals surface area contributed by atoms with Crippen LogP contribution >= 0.6 is 34.2 Å². The van der Waals surface area contributed by atoms with Gasteiger partial charge in [0, 0.05) is 20.5 Å². The molecule has 0 radical (unpaired) electrons. The van der Waals surface area contributed by atoms with Crippen LogP contribution in [-0.2, 0) is 9.59 Å². The third-order valence-corrected chi connectivity index (χ3v) is 6.72. The second kappa shape index (κ2) is 10.2. The van der Waals surface area contributed by atoms with Crippen LogP contribution < -0.4 is 15.5 Å². The highest BCUT2D eigenvalue weighted by Gasteiger charge is 2.39. The predicted octanol–water partition coefficient (Wildman–Crippen LogP) is 6.41. The van der Waals surface area contributed by atoms with Crippen molar-refractivity contribution in [1.29, 1.82) is 0 Å². The van der Waals surface area contributed by atoms with Gasteiger partial charge in [0.2, 0.25) is 0 Å². The van der Waals surface area contributed by atoms with E-state index in [4.69, 9.17) is 11.6 Å². The predicted molar refractivity (Wildman–Crippen MR) is 148 cm³/mol. The fourth-order valence-corrected chi connectivity index (χ4v) is 4.52. The van der Waals surface area contributed by atoms with Gasteiger partial charge < -0.3 is 10.6 Å². The Kier molecular flexibility index (Phi) is 7.28. The summed E-state index contributed by atoms with van der Waals surface area (Å²) in [5, 5.41) is 5.66. The zero-order valence-corrected chi connectivity index (χ0v) is 22.3. The molecule has 2 N–H and O–H groups in total. The van der Waals surface area contributed by atoms with E-state index in [1.165, 1.54) is 0 Å². The number of carbonyl (C=O) groups excluding carboxylic acids is 3. The molecule has 3 aromatic carbocycles. The van der Waals surface area contributed by atoms with Crippen LogP contribution in [0.15, 0.2) is 77.5 Å². The Labute approximate surface area is 222 Å². The fraction of sp³-hybridized carbons (Fsp3) is 0.148. The Hall–Kier alpha value is -3.17. The molecule has 0 bridgehead atoms. The molecule has 178 valence electrons. The van der Waals surface area contributed by atoms with Crippen molar-refractivity contribution >= 4 is 69.0 Å². The Morgan fingerprint density at radius 1 is 0.943 bits per heavy atom. The molecular formula is C27H23ClIN3O3. The third-order valence-electron chi connectivity index (χ3n) is 5.70. The van der Waals surface area contributed by atoms with Gasteiger partial charge in [-0.1, -0.05) is 37.6 Å². The molecule has 0 atom stereocenters. The summed E-state index contributed by atoms with van der Waals surface area (Å²) in [4.78, 5) is 39.4. The summed E-state index contributed by atoms with van der Waals surface area (Å²) < 4.78 is 1.09. The summed E-state index contributed by atoms with van der Waals surface area (Å²) >= 11 is 8.46. The Balaban J connectivity index is 1.47.